The number of ether oxygens (including phenoxy) is 1. The quantitative estimate of drug-likeness (QED) is 0.663. The van der Waals surface area contributed by atoms with Crippen LogP contribution in [0.1, 0.15) is 78.6 Å². The third kappa shape index (κ3) is 2.29. The molecule has 4 saturated carbocycles. The molecule has 7 atom stereocenters. The highest BCUT2D eigenvalue weighted by Crippen LogP contribution is 2.65. The van der Waals surface area contributed by atoms with Gasteiger partial charge < -0.3 is 4.74 Å². The van der Waals surface area contributed by atoms with Crippen molar-refractivity contribution >= 4 is 11.8 Å². The maximum absolute atomic E-state index is 12.5. The van der Waals surface area contributed by atoms with E-state index in [1.807, 2.05) is 0 Å². The molecule has 3 nitrogen and oxygen atoms in total. The van der Waals surface area contributed by atoms with Crippen molar-refractivity contribution in [3.05, 3.63) is 0 Å². The van der Waals surface area contributed by atoms with Crippen molar-refractivity contribution in [3.63, 3.8) is 0 Å². The molecule has 0 aromatic heterocycles. The summed E-state index contributed by atoms with van der Waals surface area (Å²) in [6.07, 6.45) is 10.2. The number of hydrogen-bond donors (Lipinski definition) is 0. The first-order valence-corrected chi connectivity index (χ1v) is 10.0. The van der Waals surface area contributed by atoms with Crippen molar-refractivity contribution < 1.29 is 14.3 Å². The van der Waals surface area contributed by atoms with Gasteiger partial charge in [0.05, 0.1) is 0 Å². The van der Waals surface area contributed by atoms with Gasteiger partial charge in [0.2, 0.25) is 0 Å². The van der Waals surface area contributed by atoms with Crippen molar-refractivity contribution in [2.75, 3.05) is 0 Å². The van der Waals surface area contributed by atoms with E-state index < -0.39 is 0 Å². The lowest BCUT2D eigenvalue weighted by Crippen LogP contribution is -2.54. The van der Waals surface area contributed by atoms with Gasteiger partial charge >= 0.3 is 5.97 Å². The van der Waals surface area contributed by atoms with Crippen LogP contribution in [-0.4, -0.2) is 17.9 Å². The largest absolute Gasteiger partial charge is 0.463 e. The molecule has 0 aliphatic heterocycles. The van der Waals surface area contributed by atoms with E-state index in [9.17, 15) is 9.59 Å². The number of carbonyl (C=O) groups excluding carboxylic acids is 2. The summed E-state index contributed by atoms with van der Waals surface area (Å²) < 4.78 is 5.54. The number of ketones is 1. The monoisotopic (exact) mass is 332 g/mol. The summed E-state index contributed by atoms with van der Waals surface area (Å²) in [5.74, 6) is 3.26. The van der Waals surface area contributed by atoms with Gasteiger partial charge in [0.25, 0.3) is 0 Å². The number of fused-ring (bicyclic) bond motifs is 5. The smallest absolute Gasteiger partial charge is 0.302 e. The average Bonchev–Trinajstić information content (AvgIpc) is 2.83. The second-order valence-electron chi connectivity index (χ2n) is 9.58. The minimum atomic E-state index is -0.129. The van der Waals surface area contributed by atoms with Crippen LogP contribution in [0.2, 0.25) is 0 Å². The second-order valence-corrected chi connectivity index (χ2v) is 9.58. The summed E-state index contributed by atoms with van der Waals surface area (Å²) in [5, 5.41) is 0. The van der Waals surface area contributed by atoms with Gasteiger partial charge in [-0.1, -0.05) is 13.8 Å². The number of hydrogen-bond acceptors (Lipinski definition) is 3. The van der Waals surface area contributed by atoms with Gasteiger partial charge in [0.15, 0.2) is 0 Å². The third-order valence-corrected chi connectivity index (χ3v) is 8.66. The van der Waals surface area contributed by atoms with Crippen LogP contribution < -0.4 is 0 Å². The first-order chi connectivity index (χ1) is 11.3. The zero-order valence-corrected chi connectivity index (χ0v) is 15.5. The Hall–Kier alpha value is -0.860. The maximum atomic E-state index is 12.5. The molecule has 4 aliphatic carbocycles. The van der Waals surface area contributed by atoms with Crippen molar-refractivity contribution in [2.45, 2.75) is 84.7 Å². The van der Waals surface area contributed by atoms with E-state index in [0.717, 1.165) is 43.9 Å². The Balaban J connectivity index is 1.54. The van der Waals surface area contributed by atoms with Crippen LogP contribution in [0, 0.1) is 34.5 Å². The lowest BCUT2D eigenvalue weighted by molar-refractivity contribution is -0.160. The minimum Gasteiger partial charge on any atom is -0.463 e. The maximum Gasteiger partial charge on any atom is 0.302 e. The highest BCUT2D eigenvalue weighted by molar-refractivity contribution is 5.87. The predicted molar refractivity (Wildman–Crippen MR) is 92.3 cm³/mol. The molecule has 0 amide bonds. The Morgan fingerprint density at radius 2 is 1.83 bits per heavy atom. The highest BCUT2D eigenvalue weighted by Gasteiger charge is 2.60. The summed E-state index contributed by atoms with van der Waals surface area (Å²) in [5.41, 5.74) is 0.381. The third-order valence-electron chi connectivity index (χ3n) is 8.66. The molecular weight excluding hydrogens is 300 g/mol. The number of carbonyl (C=O) groups is 2. The first-order valence-electron chi connectivity index (χ1n) is 10.0. The Bertz CT molecular complexity index is 555. The number of esters is 1. The van der Waals surface area contributed by atoms with Crippen LogP contribution in [0.3, 0.4) is 0 Å². The summed E-state index contributed by atoms with van der Waals surface area (Å²) in [4.78, 5) is 23.8. The SMILES string of the molecule is CC(=O)O[C@@H]1CC[C@@]2(C)[C@H](CC[C@@H]3[C@@H]2CC[C@]2(C)C(=O)CC[C@@H]32)C1. The minimum absolute atomic E-state index is 0.0146. The zero-order valence-electron chi connectivity index (χ0n) is 15.5. The van der Waals surface area contributed by atoms with Crippen LogP contribution in [0.25, 0.3) is 0 Å². The van der Waals surface area contributed by atoms with Crippen molar-refractivity contribution in [1.29, 1.82) is 0 Å². The van der Waals surface area contributed by atoms with E-state index in [1.54, 1.807) is 0 Å². The molecule has 134 valence electrons. The lowest BCUT2D eigenvalue weighted by atomic mass is 9.45. The Labute approximate surface area is 145 Å². The molecule has 0 aromatic carbocycles. The zero-order chi connectivity index (χ0) is 17.1. The molecule has 4 fully saturated rings. The Morgan fingerprint density at radius 3 is 2.58 bits per heavy atom. The average molecular weight is 332 g/mol. The fraction of sp³-hybridized carbons (Fsp3) is 0.905. The molecule has 3 heteroatoms. The van der Waals surface area contributed by atoms with Crippen molar-refractivity contribution in [3.8, 4) is 0 Å². The lowest BCUT2D eigenvalue weighted by Gasteiger charge is -2.60. The Kier molecular flexibility index (Phi) is 3.85. The van der Waals surface area contributed by atoms with Gasteiger partial charge in [-0.25, -0.2) is 0 Å². The molecule has 0 bridgehead atoms. The van der Waals surface area contributed by atoms with E-state index >= 15 is 0 Å². The van der Waals surface area contributed by atoms with Crippen LogP contribution in [-0.2, 0) is 14.3 Å². The van der Waals surface area contributed by atoms with Gasteiger partial charge in [0.1, 0.15) is 11.9 Å². The first kappa shape index (κ1) is 16.6. The molecule has 0 heterocycles. The van der Waals surface area contributed by atoms with Crippen LogP contribution in [0.4, 0.5) is 0 Å². The van der Waals surface area contributed by atoms with Gasteiger partial charge in [0, 0.05) is 18.8 Å². The van der Waals surface area contributed by atoms with Crippen molar-refractivity contribution in [1.82, 2.24) is 0 Å². The van der Waals surface area contributed by atoms with Gasteiger partial charge in [-0.15, -0.1) is 0 Å². The van der Waals surface area contributed by atoms with E-state index in [1.165, 1.54) is 32.6 Å². The second kappa shape index (κ2) is 5.57. The van der Waals surface area contributed by atoms with E-state index in [4.69, 9.17) is 4.74 Å². The van der Waals surface area contributed by atoms with E-state index in [0.29, 0.717) is 23.0 Å². The Morgan fingerprint density at radius 1 is 1.04 bits per heavy atom. The van der Waals surface area contributed by atoms with Crippen LogP contribution >= 0.6 is 0 Å². The van der Waals surface area contributed by atoms with Crippen molar-refractivity contribution in [2.24, 2.45) is 34.5 Å². The fourth-order valence-electron chi connectivity index (χ4n) is 7.33. The number of rotatable bonds is 1. The molecule has 0 N–H and O–H groups in total. The molecule has 24 heavy (non-hydrogen) atoms. The summed E-state index contributed by atoms with van der Waals surface area (Å²) in [7, 11) is 0. The summed E-state index contributed by atoms with van der Waals surface area (Å²) in [6.45, 7) is 6.30. The molecule has 0 saturated heterocycles. The van der Waals surface area contributed by atoms with Gasteiger partial charge in [-0.2, -0.15) is 0 Å². The fourth-order valence-corrected chi connectivity index (χ4v) is 7.33. The molecule has 4 aliphatic rings. The molecule has 0 spiro atoms. The number of Topliss-reactive ketones (excluding diaryl/α,β-unsaturated/α-hetero) is 1. The molecule has 0 unspecified atom stereocenters. The normalized spacial score (nSPS) is 50.6. The predicted octanol–water partition coefficient (Wildman–Crippen LogP) is 4.53. The topological polar surface area (TPSA) is 43.4 Å². The highest BCUT2D eigenvalue weighted by atomic mass is 16.5. The summed E-state index contributed by atoms with van der Waals surface area (Å²) >= 11 is 0. The van der Waals surface area contributed by atoms with E-state index in [-0.39, 0.29) is 17.5 Å². The molecule has 0 aromatic rings. The van der Waals surface area contributed by atoms with Crippen LogP contribution in [0.5, 0.6) is 0 Å². The summed E-state index contributed by atoms with van der Waals surface area (Å²) in [6, 6.07) is 0. The molecule has 0 radical (unpaired) electrons. The molecule has 4 rings (SSSR count). The van der Waals surface area contributed by atoms with Crippen LogP contribution in [0.15, 0.2) is 0 Å². The van der Waals surface area contributed by atoms with E-state index in [2.05, 4.69) is 13.8 Å². The van der Waals surface area contributed by atoms with Gasteiger partial charge in [-0.05, 0) is 80.5 Å². The standard InChI is InChI=1S/C21H32O3/c1-13(22)24-15-8-10-20(2)14(12-15)4-5-16-17-6-7-19(23)21(17,3)11-9-18(16)20/h14-18H,4-12H2,1-3H3/t14-,15-,16+,17+,18+,20+,21+/m1/s1. The van der Waals surface area contributed by atoms with Gasteiger partial charge in [-0.3, -0.25) is 9.59 Å². The molecular formula is C21H32O3.